The molecular weight excluding hydrogens is 216 g/mol. The number of hydrogen-bond donors (Lipinski definition) is 1. The molecule has 0 radical (unpaired) electrons. The zero-order valence-corrected chi connectivity index (χ0v) is 10.7. The largest absolute Gasteiger partial charge is 0.466 e. The Balaban J connectivity index is 2.65. The number of aryl methyl sites for hydroxylation is 1. The van der Waals surface area contributed by atoms with Gasteiger partial charge in [0.05, 0.1) is 12.2 Å². The number of aliphatic hydroxyl groups is 1. The Morgan fingerprint density at radius 3 is 2.76 bits per heavy atom. The minimum atomic E-state index is -0.987. The smallest absolute Gasteiger partial charge is 0.305 e. The first-order valence-electron chi connectivity index (χ1n) is 5.91. The Bertz CT molecular complexity index is 383. The molecule has 0 saturated carbocycles. The van der Waals surface area contributed by atoms with Crippen molar-refractivity contribution in [3.8, 4) is 0 Å². The molecule has 0 amide bonds. The highest BCUT2D eigenvalue weighted by atomic mass is 16.5. The zero-order chi connectivity index (χ0) is 12.9. The maximum absolute atomic E-state index is 11.3. The minimum Gasteiger partial charge on any atom is -0.466 e. The van der Waals surface area contributed by atoms with Gasteiger partial charge in [0.2, 0.25) is 0 Å². The van der Waals surface area contributed by atoms with Crippen LogP contribution in [0.1, 0.15) is 37.8 Å². The Labute approximate surface area is 102 Å². The van der Waals surface area contributed by atoms with Gasteiger partial charge in [0.15, 0.2) is 0 Å². The minimum absolute atomic E-state index is 0.231. The van der Waals surface area contributed by atoms with E-state index in [0.717, 1.165) is 11.1 Å². The summed E-state index contributed by atoms with van der Waals surface area (Å²) in [5, 5.41) is 10.3. The predicted molar refractivity (Wildman–Crippen MR) is 66.6 cm³/mol. The molecule has 0 spiro atoms. The summed E-state index contributed by atoms with van der Waals surface area (Å²) in [6.45, 7) is 5.86. The van der Waals surface area contributed by atoms with E-state index in [2.05, 4.69) is 0 Å². The van der Waals surface area contributed by atoms with Crippen LogP contribution in [-0.2, 0) is 15.1 Å². The van der Waals surface area contributed by atoms with Crippen molar-refractivity contribution in [2.24, 2.45) is 0 Å². The number of ether oxygens (including phenoxy) is 1. The maximum Gasteiger partial charge on any atom is 0.305 e. The van der Waals surface area contributed by atoms with Crippen LogP contribution >= 0.6 is 0 Å². The fourth-order valence-corrected chi connectivity index (χ4v) is 1.70. The van der Waals surface area contributed by atoms with E-state index in [1.165, 1.54) is 0 Å². The summed E-state index contributed by atoms with van der Waals surface area (Å²) in [5.41, 5.74) is 0.944. The standard InChI is InChI=1S/C14H20O3/c1-4-17-13(15)8-9-14(3,16)12-7-5-6-11(2)10-12/h5-7,10,16H,4,8-9H2,1-3H3. The van der Waals surface area contributed by atoms with E-state index in [-0.39, 0.29) is 12.4 Å². The molecule has 17 heavy (non-hydrogen) atoms. The maximum atomic E-state index is 11.3. The molecule has 0 aliphatic carbocycles. The van der Waals surface area contributed by atoms with Crippen molar-refractivity contribution >= 4 is 5.97 Å². The molecule has 0 aliphatic heterocycles. The van der Waals surface area contributed by atoms with E-state index in [9.17, 15) is 9.90 Å². The van der Waals surface area contributed by atoms with Gasteiger partial charge in [-0.15, -0.1) is 0 Å². The third-order valence-electron chi connectivity index (χ3n) is 2.76. The van der Waals surface area contributed by atoms with E-state index in [1.54, 1.807) is 13.8 Å². The van der Waals surface area contributed by atoms with Gasteiger partial charge in [-0.25, -0.2) is 0 Å². The van der Waals surface area contributed by atoms with Crippen LogP contribution in [0, 0.1) is 6.92 Å². The van der Waals surface area contributed by atoms with E-state index < -0.39 is 5.60 Å². The highest BCUT2D eigenvalue weighted by molar-refractivity contribution is 5.69. The number of benzene rings is 1. The molecule has 94 valence electrons. The van der Waals surface area contributed by atoms with Crippen LogP contribution in [0.4, 0.5) is 0 Å². The first kappa shape index (κ1) is 13.7. The second-order valence-corrected chi connectivity index (χ2v) is 4.45. The predicted octanol–water partition coefficient (Wildman–Crippen LogP) is 2.55. The summed E-state index contributed by atoms with van der Waals surface area (Å²) < 4.78 is 4.85. The lowest BCUT2D eigenvalue weighted by Crippen LogP contribution is -2.23. The van der Waals surface area contributed by atoms with Crippen molar-refractivity contribution in [2.75, 3.05) is 6.61 Å². The van der Waals surface area contributed by atoms with Crippen molar-refractivity contribution < 1.29 is 14.6 Å². The van der Waals surface area contributed by atoms with Gasteiger partial charge in [0.25, 0.3) is 0 Å². The van der Waals surface area contributed by atoms with Gasteiger partial charge in [-0.05, 0) is 32.8 Å². The molecule has 0 heterocycles. The van der Waals surface area contributed by atoms with E-state index >= 15 is 0 Å². The fraction of sp³-hybridized carbons (Fsp3) is 0.500. The summed E-state index contributed by atoms with van der Waals surface area (Å²) in [4.78, 5) is 11.3. The summed E-state index contributed by atoms with van der Waals surface area (Å²) in [6.07, 6.45) is 0.601. The van der Waals surface area contributed by atoms with Gasteiger partial charge in [-0.1, -0.05) is 29.8 Å². The zero-order valence-electron chi connectivity index (χ0n) is 10.7. The molecule has 1 unspecified atom stereocenters. The van der Waals surface area contributed by atoms with Gasteiger partial charge < -0.3 is 9.84 Å². The van der Waals surface area contributed by atoms with E-state index in [1.807, 2.05) is 31.2 Å². The van der Waals surface area contributed by atoms with Gasteiger partial charge in [-0.2, -0.15) is 0 Å². The second kappa shape index (κ2) is 5.82. The molecule has 0 aliphatic rings. The van der Waals surface area contributed by atoms with Crippen molar-refractivity contribution in [1.29, 1.82) is 0 Å². The van der Waals surface area contributed by atoms with E-state index in [4.69, 9.17) is 4.74 Å². The molecule has 1 aromatic carbocycles. The summed E-state index contributed by atoms with van der Waals surface area (Å²) >= 11 is 0. The molecule has 1 aromatic rings. The van der Waals surface area contributed by atoms with Crippen LogP contribution < -0.4 is 0 Å². The normalized spacial score (nSPS) is 14.1. The van der Waals surface area contributed by atoms with Crippen LogP contribution in [0.15, 0.2) is 24.3 Å². The Hall–Kier alpha value is -1.35. The van der Waals surface area contributed by atoms with E-state index in [0.29, 0.717) is 13.0 Å². The van der Waals surface area contributed by atoms with Crippen molar-refractivity contribution in [2.45, 2.75) is 39.2 Å². The third-order valence-corrected chi connectivity index (χ3v) is 2.76. The highest BCUT2D eigenvalue weighted by Crippen LogP contribution is 2.26. The fourth-order valence-electron chi connectivity index (χ4n) is 1.70. The van der Waals surface area contributed by atoms with Crippen molar-refractivity contribution in [3.63, 3.8) is 0 Å². The average Bonchev–Trinajstić information content (AvgIpc) is 2.27. The summed E-state index contributed by atoms with van der Waals surface area (Å²) in [6, 6.07) is 7.69. The second-order valence-electron chi connectivity index (χ2n) is 4.45. The highest BCUT2D eigenvalue weighted by Gasteiger charge is 2.24. The monoisotopic (exact) mass is 236 g/mol. The van der Waals surface area contributed by atoms with Crippen LogP contribution in [0.3, 0.4) is 0 Å². The summed E-state index contributed by atoms with van der Waals surface area (Å²) in [7, 11) is 0. The topological polar surface area (TPSA) is 46.5 Å². The molecule has 0 bridgehead atoms. The number of carbonyl (C=O) groups excluding carboxylic acids is 1. The summed E-state index contributed by atoms with van der Waals surface area (Å²) in [5.74, 6) is -0.263. The lowest BCUT2D eigenvalue weighted by Gasteiger charge is -2.23. The van der Waals surface area contributed by atoms with Crippen LogP contribution in [0.5, 0.6) is 0 Å². The quantitative estimate of drug-likeness (QED) is 0.799. The lowest BCUT2D eigenvalue weighted by atomic mass is 9.90. The number of rotatable bonds is 5. The number of hydrogen-bond acceptors (Lipinski definition) is 3. The molecule has 1 atom stereocenters. The SMILES string of the molecule is CCOC(=O)CCC(C)(O)c1cccc(C)c1. The molecule has 3 nitrogen and oxygen atoms in total. The average molecular weight is 236 g/mol. The molecule has 1 N–H and O–H groups in total. The molecule has 0 saturated heterocycles. The van der Waals surface area contributed by atoms with Gasteiger partial charge in [0.1, 0.15) is 0 Å². The van der Waals surface area contributed by atoms with Crippen molar-refractivity contribution in [1.82, 2.24) is 0 Å². The van der Waals surface area contributed by atoms with Crippen LogP contribution in [0.25, 0.3) is 0 Å². The Morgan fingerprint density at radius 1 is 1.47 bits per heavy atom. The number of carbonyl (C=O) groups is 1. The van der Waals surface area contributed by atoms with Crippen LogP contribution in [-0.4, -0.2) is 17.7 Å². The number of esters is 1. The van der Waals surface area contributed by atoms with Gasteiger partial charge in [0, 0.05) is 6.42 Å². The van der Waals surface area contributed by atoms with Crippen molar-refractivity contribution in [3.05, 3.63) is 35.4 Å². The molecule has 0 aromatic heterocycles. The van der Waals surface area contributed by atoms with Gasteiger partial charge >= 0.3 is 5.97 Å². The molecule has 0 fully saturated rings. The molecule has 3 heteroatoms. The first-order chi connectivity index (χ1) is 7.95. The lowest BCUT2D eigenvalue weighted by molar-refractivity contribution is -0.144. The van der Waals surface area contributed by atoms with Crippen LogP contribution in [0.2, 0.25) is 0 Å². The Kier molecular flexibility index (Phi) is 4.70. The molecule has 1 rings (SSSR count). The molecular formula is C14H20O3. The third kappa shape index (κ3) is 4.19. The first-order valence-corrected chi connectivity index (χ1v) is 5.91. The Morgan fingerprint density at radius 2 is 2.18 bits per heavy atom. The van der Waals surface area contributed by atoms with Gasteiger partial charge in [-0.3, -0.25) is 4.79 Å².